The number of nitrogens with one attached hydrogen (secondary N) is 2. The number of ether oxygens (including phenoxy) is 1. The standard InChI is InChI=1S/C23H24FN3O4S/c24-20-12-16(15-4-5-22-18(10-15)6-9-32(22,29)30)2-3-17(20)11-19(13-25)27-23(28)21-14-26-7-1-8-31-21/h2-5,10,12,19,21,26H,1,6-9,11,14H2,(H,27,28)/t19?,21-/m0/s1. The number of benzene rings is 2. The van der Waals surface area contributed by atoms with Gasteiger partial charge in [0.25, 0.3) is 5.91 Å². The summed E-state index contributed by atoms with van der Waals surface area (Å²) in [6, 6.07) is 10.9. The maximum atomic E-state index is 14.8. The average Bonchev–Trinajstić information content (AvgIpc) is 2.95. The molecule has 0 aromatic heterocycles. The summed E-state index contributed by atoms with van der Waals surface area (Å²) in [6.07, 6.45) is 0.611. The van der Waals surface area contributed by atoms with Gasteiger partial charge in [-0.25, -0.2) is 12.8 Å². The van der Waals surface area contributed by atoms with Crippen LogP contribution in [0.4, 0.5) is 4.39 Å². The molecule has 9 heteroatoms. The van der Waals surface area contributed by atoms with E-state index in [0.717, 1.165) is 24.1 Å². The fourth-order valence-electron chi connectivity index (χ4n) is 4.00. The summed E-state index contributed by atoms with van der Waals surface area (Å²) in [4.78, 5) is 12.8. The maximum Gasteiger partial charge on any atom is 0.251 e. The van der Waals surface area contributed by atoms with Gasteiger partial charge in [0.05, 0.1) is 16.7 Å². The van der Waals surface area contributed by atoms with E-state index in [0.29, 0.717) is 35.6 Å². The molecule has 168 valence electrons. The van der Waals surface area contributed by atoms with E-state index in [1.165, 1.54) is 6.07 Å². The Bertz CT molecular complexity index is 1170. The molecule has 2 aromatic rings. The Kier molecular flexibility index (Phi) is 6.55. The highest BCUT2D eigenvalue weighted by atomic mass is 32.2. The lowest BCUT2D eigenvalue weighted by Crippen LogP contribution is -2.46. The molecule has 2 atom stereocenters. The van der Waals surface area contributed by atoms with E-state index in [1.54, 1.807) is 30.3 Å². The monoisotopic (exact) mass is 457 g/mol. The van der Waals surface area contributed by atoms with Gasteiger partial charge >= 0.3 is 0 Å². The zero-order chi connectivity index (χ0) is 22.7. The minimum Gasteiger partial charge on any atom is -0.367 e. The van der Waals surface area contributed by atoms with Crippen molar-refractivity contribution >= 4 is 15.7 Å². The fraction of sp³-hybridized carbons (Fsp3) is 0.391. The lowest BCUT2D eigenvalue weighted by molar-refractivity contribution is -0.132. The molecule has 0 spiro atoms. The van der Waals surface area contributed by atoms with Crippen LogP contribution in [-0.2, 0) is 32.2 Å². The largest absolute Gasteiger partial charge is 0.367 e. The first kappa shape index (κ1) is 22.4. The van der Waals surface area contributed by atoms with Crippen molar-refractivity contribution in [3.8, 4) is 17.2 Å². The first-order valence-electron chi connectivity index (χ1n) is 10.5. The van der Waals surface area contributed by atoms with Crippen molar-refractivity contribution in [2.24, 2.45) is 0 Å². The number of sulfone groups is 1. The Hall–Kier alpha value is -2.80. The first-order chi connectivity index (χ1) is 15.4. The Balaban J connectivity index is 1.46. The molecule has 4 rings (SSSR count). The quantitative estimate of drug-likeness (QED) is 0.708. The molecule has 0 aliphatic carbocycles. The number of hydrogen-bond donors (Lipinski definition) is 2. The number of rotatable bonds is 5. The Morgan fingerprint density at radius 2 is 2.06 bits per heavy atom. The van der Waals surface area contributed by atoms with Gasteiger partial charge in [-0.05, 0) is 59.8 Å². The van der Waals surface area contributed by atoms with Gasteiger partial charge in [-0.3, -0.25) is 4.79 Å². The zero-order valence-electron chi connectivity index (χ0n) is 17.4. The molecule has 2 N–H and O–H groups in total. The minimum absolute atomic E-state index is 0.0247. The summed E-state index contributed by atoms with van der Waals surface area (Å²) in [5.74, 6) is -0.781. The number of aryl methyl sites for hydroxylation is 1. The van der Waals surface area contributed by atoms with Crippen molar-refractivity contribution < 1.29 is 22.3 Å². The number of amides is 1. The molecular weight excluding hydrogens is 433 g/mol. The predicted molar refractivity (Wildman–Crippen MR) is 116 cm³/mol. The summed E-state index contributed by atoms with van der Waals surface area (Å²) in [6.45, 7) is 1.60. The van der Waals surface area contributed by atoms with E-state index in [1.807, 2.05) is 6.07 Å². The van der Waals surface area contributed by atoms with Gasteiger partial charge < -0.3 is 15.4 Å². The fourth-order valence-corrected chi connectivity index (χ4v) is 5.55. The SMILES string of the molecule is N#CC(Cc1ccc(-c2ccc3c(c2)CCS3(=O)=O)cc1F)NC(=O)[C@@H]1CNCCCO1. The van der Waals surface area contributed by atoms with Crippen LogP contribution in [0.2, 0.25) is 0 Å². The zero-order valence-corrected chi connectivity index (χ0v) is 18.3. The van der Waals surface area contributed by atoms with E-state index >= 15 is 0 Å². The number of fused-ring (bicyclic) bond motifs is 1. The summed E-state index contributed by atoms with van der Waals surface area (Å²) in [7, 11) is -3.21. The topological polar surface area (TPSA) is 108 Å². The van der Waals surface area contributed by atoms with Gasteiger partial charge in [0, 0.05) is 19.6 Å². The van der Waals surface area contributed by atoms with Gasteiger partial charge in [0.2, 0.25) is 0 Å². The number of halogens is 1. The van der Waals surface area contributed by atoms with Crippen molar-refractivity contribution in [3.05, 3.63) is 53.3 Å². The Morgan fingerprint density at radius 1 is 1.28 bits per heavy atom. The van der Waals surface area contributed by atoms with Crippen LogP contribution >= 0.6 is 0 Å². The second kappa shape index (κ2) is 9.36. The number of nitriles is 1. The van der Waals surface area contributed by atoms with Crippen LogP contribution in [0.5, 0.6) is 0 Å². The summed E-state index contributed by atoms with van der Waals surface area (Å²) in [5, 5.41) is 15.2. The number of nitrogens with zero attached hydrogens (tertiary/aromatic N) is 1. The summed E-state index contributed by atoms with van der Waals surface area (Å²) >= 11 is 0. The van der Waals surface area contributed by atoms with Crippen molar-refractivity contribution in [3.63, 3.8) is 0 Å². The van der Waals surface area contributed by atoms with Crippen LogP contribution in [-0.4, -0.2) is 51.9 Å². The molecule has 2 aromatic carbocycles. The molecule has 1 fully saturated rings. The maximum absolute atomic E-state index is 14.8. The Labute approximate surface area is 186 Å². The van der Waals surface area contributed by atoms with Crippen molar-refractivity contribution in [1.82, 2.24) is 10.6 Å². The minimum atomic E-state index is -3.21. The van der Waals surface area contributed by atoms with Crippen LogP contribution in [0.3, 0.4) is 0 Å². The average molecular weight is 458 g/mol. The number of carbonyl (C=O) groups is 1. The smallest absolute Gasteiger partial charge is 0.251 e. The highest BCUT2D eigenvalue weighted by molar-refractivity contribution is 7.91. The van der Waals surface area contributed by atoms with Gasteiger partial charge in [-0.1, -0.05) is 18.2 Å². The summed E-state index contributed by atoms with van der Waals surface area (Å²) < 4.78 is 44.3. The predicted octanol–water partition coefficient (Wildman–Crippen LogP) is 1.75. The molecule has 32 heavy (non-hydrogen) atoms. The third-order valence-corrected chi connectivity index (χ3v) is 7.57. The van der Waals surface area contributed by atoms with Crippen LogP contribution in [0.1, 0.15) is 17.5 Å². The molecule has 1 amide bonds. The third-order valence-electron chi connectivity index (χ3n) is 5.76. The van der Waals surface area contributed by atoms with E-state index < -0.39 is 33.7 Å². The lowest BCUT2D eigenvalue weighted by atomic mass is 9.98. The molecule has 1 saturated heterocycles. The molecule has 2 aliphatic rings. The summed E-state index contributed by atoms with van der Waals surface area (Å²) in [5.41, 5.74) is 2.40. The third kappa shape index (κ3) is 4.83. The lowest BCUT2D eigenvalue weighted by Gasteiger charge is -2.18. The highest BCUT2D eigenvalue weighted by Gasteiger charge is 2.26. The van der Waals surface area contributed by atoms with Crippen molar-refractivity contribution in [2.45, 2.75) is 36.3 Å². The van der Waals surface area contributed by atoms with Crippen molar-refractivity contribution in [2.75, 3.05) is 25.4 Å². The molecule has 0 bridgehead atoms. The van der Waals surface area contributed by atoms with Crippen LogP contribution in [0.15, 0.2) is 41.3 Å². The van der Waals surface area contributed by atoms with Crippen molar-refractivity contribution in [1.29, 1.82) is 5.26 Å². The number of hydrogen-bond acceptors (Lipinski definition) is 6. The molecule has 1 unspecified atom stereocenters. The van der Waals surface area contributed by atoms with Crippen LogP contribution in [0.25, 0.3) is 11.1 Å². The highest BCUT2D eigenvalue weighted by Crippen LogP contribution is 2.31. The molecule has 0 saturated carbocycles. The van der Waals surface area contributed by atoms with E-state index in [2.05, 4.69) is 10.6 Å². The van der Waals surface area contributed by atoms with E-state index in [9.17, 15) is 22.9 Å². The number of carbonyl (C=O) groups excluding carboxylic acids is 1. The molecule has 0 radical (unpaired) electrons. The van der Waals surface area contributed by atoms with Gasteiger partial charge in [0.1, 0.15) is 18.0 Å². The normalized spacial score (nSPS) is 20.6. The first-order valence-corrected chi connectivity index (χ1v) is 12.2. The van der Waals surface area contributed by atoms with E-state index in [4.69, 9.17) is 4.74 Å². The molecule has 7 nitrogen and oxygen atoms in total. The van der Waals surface area contributed by atoms with Gasteiger partial charge in [-0.15, -0.1) is 0 Å². The van der Waals surface area contributed by atoms with E-state index in [-0.39, 0.29) is 12.2 Å². The molecular formula is C23H24FN3O4S. The Morgan fingerprint density at radius 3 is 2.84 bits per heavy atom. The second-order valence-electron chi connectivity index (χ2n) is 8.01. The molecule has 2 aliphatic heterocycles. The van der Waals surface area contributed by atoms with Gasteiger partial charge in [0.15, 0.2) is 9.84 Å². The van der Waals surface area contributed by atoms with Crippen LogP contribution in [0, 0.1) is 17.1 Å². The second-order valence-corrected chi connectivity index (χ2v) is 10.1. The molecule has 2 heterocycles. The van der Waals surface area contributed by atoms with Crippen LogP contribution < -0.4 is 10.6 Å². The van der Waals surface area contributed by atoms with Gasteiger partial charge in [-0.2, -0.15) is 5.26 Å².